The molecule has 1 heterocycles. The van der Waals surface area contributed by atoms with E-state index in [1.54, 1.807) is 5.57 Å². The van der Waals surface area contributed by atoms with Crippen LogP contribution in [0.1, 0.15) is 44.9 Å². The Bertz CT molecular complexity index is 158. The zero-order chi connectivity index (χ0) is 8.23. The van der Waals surface area contributed by atoms with Crippen molar-refractivity contribution in [3.05, 3.63) is 11.8 Å². The third-order valence-corrected chi connectivity index (χ3v) is 3.00. The van der Waals surface area contributed by atoms with Gasteiger partial charge in [0, 0.05) is 13.1 Å². The molecule has 1 saturated heterocycles. The molecule has 0 aromatic carbocycles. The molecule has 0 N–H and O–H groups in total. The molecule has 0 aromatic rings. The molecule has 0 aromatic heterocycles. The summed E-state index contributed by atoms with van der Waals surface area (Å²) in [4.78, 5) is 2.53. The molecule has 1 heteroatoms. The van der Waals surface area contributed by atoms with Gasteiger partial charge in [-0.05, 0) is 51.1 Å². The van der Waals surface area contributed by atoms with E-state index in [1.807, 2.05) is 0 Å². The Kier molecular flexibility index (Phi) is 2.70. The standard InChI is InChI=1S/C11H19N/c1-4-8-12(9-5-1)10-11-6-2-3-7-11/h10H,1-9H2. The van der Waals surface area contributed by atoms with Crippen LogP contribution in [0.2, 0.25) is 0 Å². The monoisotopic (exact) mass is 165 g/mol. The first-order chi connectivity index (χ1) is 5.95. The van der Waals surface area contributed by atoms with E-state index in [0.29, 0.717) is 0 Å². The third-order valence-electron chi connectivity index (χ3n) is 3.00. The highest BCUT2D eigenvalue weighted by molar-refractivity contribution is 5.05. The second-order valence-corrected chi connectivity index (χ2v) is 4.09. The van der Waals surface area contributed by atoms with Gasteiger partial charge in [-0.1, -0.05) is 5.57 Å². The highest BCUT2D eigenvalue weighted by Gasteiger charge is 2.10. The number of hydrogen-bond donors (Lipinski definition) is 0. The average molecular weight is 165 g/mol. The number of allylic oxidation sites excluding steroid dienone is 1. The molecule has 68 valence electrons. The molecule has 0 atom stereocenters. The van der Waals surface area contributed by atoms with Gasteiger partial charge in [-0.3, -0.25) is 0 Å². The molecule has 1 aliphatic carbocycles. The lowest BCUT2D eigenvalue weighted by molar-refractivity contribution is 0.307. The van der Waals surface area contributed by atoms with Crippen LogP contribution in [-0.2, 0) is 0 Å². The third kappa shape index (κ3) is 2.02. The molecule has 2 fully saturated rings. The summed E-state index contributed by atoms with van der Waals surface area (Å²) in [7, 11) is 0. The summed E-state index contributed by atoms with van der Waals surface area (Å²) in [5.74, 6) is 0. The van der Waals surface area contributed by atoms with Gasteiger partial charge in [0.2, 0.25) is 0 Å². The number of rotatable bonds is 1. The van der Waals surface area contributed by atoms with Gasteiger partial charge in [0.1, 0.15) is 0 Å². The van der Waals surface area contributed by atoms with Crippen molar-refractivity contribution in [3.8, 4) is 0 Å². The minimum absolute atomic E-state index is 1.31. The highest BCUT2D eigenvalue weighted by Crippen LogP contribution is 2.24. The zero-order valence-electron chi connectivity index (χ0n) is 7.89. The van der Waals surface area contributed by atoms with E-state index in [2.05, 4.69) is 11.1 Å². The Morgan fingerprint density at radius 1 is 0.833 bits per heavy atom. The van der Waals surface area contributed by atoms with Gasteiger partial charge in [0.25, 0.3) is 0 Å². The molecule has 2 rings (SSSR count). The Morgan fingerprint density at radius 3 is 2.17 bits per heavy atom. The lowest BCUT2D eigenvalue weighted by Gasteiger charge is -2.25. The molecule has 0 unspecified atom stereocenters. The van der Waals surface area contributed by atoms with E-state index in [4.69, 9.17) is 0 Å². The summed E-state index contributed by atoms with van der Waals surface area (Å²) < 4.78 is 0. The van der Waals surface area contributed by atoms with Crippen LogP contribution in [0.25, 0.3) is 0 Å². The van der Waals surface area contributed by atoms with E-state index in [1.165, 1.54) is 58.0 Å². The van der Waals surface area contributed by atoms with Crippen molar-refractivity contribution in [2.45, 2.75) is 44.9 Å². The number of nitrogens with zero attached hydrogens (tertiary/aromatic N) is 1. The Labute approximate surface area is 75.4 Å². The first kappa shape index (κ1) is 8.15. The van der Waals surface area contributed by atoms with Crippen LogP contribution >= 0.6 is 0 Å². The van der Waals surface area contributed by atoms with Crippen LogP contribution in [0.5, 0.6) is 0 Å². The Hall–Kier alpha value is -0.460. The van der Waals surface area contributed by atoms with E-state index < -0.39 is 0 Å². The maximum absolute atomic E-state index is 2.53. The lowest BCUT2D eigenvalue weighted by Crippen LogP contribution is -2.24. The fourth-order valence-corrected chi connectivity index (χ4v) is 2.26. The van der Waals surface area contributed by atoms with Crippen LogP contribution < -0.4 is 0 Å². The van der Waals surface area contributed by atoms with E-state index >= 15 is 0 Å². The molecule has 12 heavy (non-hydrogen) atoms. The molecule has 1 nitrogen and oxygen atoms in total. The molecule has 1 saturated carbocycles. The molecular formula is C11H19N. The van der Waals surface area contributed by atoms with Crippen molar-refractivity contribution in [3.63, 3.8) is 0 Å². The first-order valence-electron chi connectivity index (χ1n) is 5.39. The van der Waals surface area contributed by atoms with E-state index in [-0.39, 0.29) is 0 Å². The van der Waals surface area contributed by atoms with Crippen molar-refractivity contribution in [2.24, 2.45) is 0 Å². The van der Waals surface area contributed by atoms with E-state index in [9.17, 15) is 0 Å². The first-order valence-corrected chi connectivity index (χ1v) is 5.39. The predicted octanol–water partition coefficient (Wildman–Crippen LogP) is 2.93. The zero-order valence-corrected chi connectivity index (χ0v) is 7.89. The van der Waals surface area contributed by atoms with Gasteiger partial charge in [-0.2, -0.15) is 0 Å². The minimum Gasteiger partial charge on any atom is -0.377 e. The van der Waals surface area contributed by atoms with Gasteiger partial charge < -0.3 is 4.90 Å². The molecular weight excluding hydrogens is 146 g/mol. The van der Waals surface area contributed by atoms with Gasteiger partial charge >= 0.3 is 0 Å². The summed E-state index contributed by atoms with van der Waals surface area (Å²) in [6.07, 6.45) is 12.3. The summed E-state index contributed by atoms with van der Waals surface area (Å²) in [6, 6.07) is 0. The van der Waals surface area contributed by atoms with Crippen molar-refractivity contribution in [1.29, 1.82) is 0 Å². The molecule has 0 spiro atoms. The molecule has 2 aliphatic rings. The van der Waals surface area contributed by atoms with Gasteiger partial charge in [-0.25, -0.2) is 0 Å². The van der Waals surface area contributed by atoms with Crippen LogP contribution in [0.4, 0.5) is 0 Å². The molecule has 0 amide bonds. The average Bonchev–Trinajstić information content (AvgIpc) is 2.59. The molecule has 0 bridgehead atoms. The van der Waals surface area contributed by atoms with Crippen molar-refractivity contribution < 1.29 is 0 Å². The quantitative estimate of drug-likeness (QED) is 0.577. The summed E-state index contributed by atoms with van der Waals surface area (Å²) in [5.41, 5.74) is 1.71. The smallest absolute Gasteiger partial charge is 0.0172 e. The summed E-state index contributed by atoms with van der Waals surface area (Å²) in [6.45, 7) is 2.62. The predicted molar refractivity (Wildman–Crippen MR) is 52.0 cm³/mol. The topological polar surface area (TPSA) is 3.24 Å². The Balaban J connectivity index is 1.86. The second kappa shape index (κ2) is 3.97. The summed E-state index contributed by atoms with van der Waals surface area (Å²) in [5, 5.41) is 0. The van der Waals surface area contributed by atoms with Crippen LogP contribution in [0.15, 0.2) is 11.8 Å². The van der Waals surface area contributed by atoms with Crippen LogP contribution in [0.3, 0.4) is 0 Å². The normalized spacial score (nSPS) is 24.7. The largest absolute Gasteiger partial charge is 0.377 e. The summed E-state index contributed by atoms with van der Waals surface area (Å²) >= 11 is 0. The minimum atomic E-state index is 1.31. The Morgan fingerprint density at radius 2 is 1.50 bits per heavy atom. The van der Waals surface area contributed by atoms with Crippen molar-refractivity contribution in [1.82, 2.24) is 4.90 Å². The fraction of sp³-hybridized carbons (Fsp3) is 0.818. The second-order valence-electron chi connectivity index (χ2n) is 4.09. The number of hydrogen-bond acceptors (Lipinski definition) is 1. The maximum Gasteiger partial charge on any atom is 0.0172 e. The fourth-order valence-electron chi connectivity index (χ4n) is 2.26. The van der Waals surface area contributed by atoms with Gasteiger partial charge in [0.05, 0.1) is 0 Å². The molecule has 1 aliphatic heterocycles. The molecule has 0 radical (unpaired) electrons. The lowest BCUT2D eigenvalue weighted by atomic mass is 10.1. The SMILES string of the molecule is C(=C1CCCC1)N1CCCCC1. The van der Waals surface area contributed by atoms with Crippen molar-refractivity contribution >= 4 is 0 Å². The van der Waals surface area contributed by atoms with Crippen LogP contribution in [0, 0.1) is 0 Å². The number of piperidine rings is 1. The van der Waals surface area contributed by atoms with Gasteiger partial charge in [-0.15, -0.1) is 0 Å². The van der Waals surface area contributed by atoms with E-state index in [0.717, 1.165) is 0 Å². The highest BCUT2D eigenvalue weighted by atomic mass is 15.1. The van der Waals surface area contributed by atoms with Crippen LogP contribution in [-0.4, -0.2) is 18.0 Å². The van der Waals surface area contributed by atoms with Gasteiger partial charge in [0.15, 0.2) is 0 Å². The van der Waals surface area contributed by atoms with Crippen molar-refractivity contribution in [2.75, 3.05) is 13.1 Å². The number of likely N-dealkylation sites (tertiary alicyclic amines) is 1. The maximum atomic E-state index is 2.53.